The Morgan fingerprint density at radius 3 is 2.48 bits per heavy atom. The number of amides is 1. The van der Waals surface area contributed by atoms with Gasteiger partial charge in [0.05, 0.1) is 33.0 Å². The predicted octanol–water partition coefficient (Wildman–Crippen LogP) is 3.90. The lowest BCUT2D eigenvalue weighted by molar-refractivity contribution is -0.117. The first-order valence-corrected chi connectivity index (χ1v) is 10.3. The van der Waals surface area contributed by atoms with E-state index < -0.39 is 0 Å². The monoisotopic (exact) mass is 423 g/mol. The Kier molecular flexibility index (Phi) is 7.31. The zero-order chi connectivity index (χ0) is 22.4. The molecule has 1 amide bonds. The molecule has 7 heteroatoms. The summed E-state index contributed by atoms with van der Waals surface area (Å²) in [6.07, 6.45) is 1.64. The molecule has 2 heterocycles. The third kappa shape index (κ3) is 5.64. The highest BCUT2D eigenvalue weighted by molar-refractivity contribution is 5.99. The van der Waals surface area contributed by atoms with E-state index in [0.717, 1.165) is 22.9 Å². The van der Waals surface area contributed by atoms with E-state index in [2.05, 4.69) is 9.88 Å². The average Bonchev–Trinajstić information content (AvgIpc) is 3.37. The first kappa shape index (κ1) is 22.4. The maximum atomic E-state index is 13.0. The Balaban J connectivity index is 1.62. The van der Waals surface area contributed by atoms with Gasteiger partial charge in [-0.2, -0.15) is 0 Å². The molecule has 164 valence electrons. The highest BCUT2D eigenvalue weighted by atomic mass is 16.5. The molecule has 1 N–H and O–H groups in total. The van der Waals surface area contributed by atoms with Crippen LogP contribution in [0.1, 0.15) is 34.4 Å². The number of hydrogen-bond donors (Lipinski definition) is 1. The van der Waals surface area contributed by atoms with Gasteiger partial charge in [0.25, 0.3) is 0 Å². The molecule has 0 spiro atoms. The van der Waals surface area contributed by atoms with Crippen molar-refractivity contribution in [2.24, 2.45) is 0 Å². The van der Waals surface area contributed by atoms with E-state index >= 15 is 0 Å². The molecule has 3 rings (SSSR count). The molecular formula is C24H29N3O4. The van der Waals surface area contributed by atoms with Crippen LogP contribution in [0.25, 0.3) is 0 Å². The van der Waals surface area contributed by atoms with Crippen LogP contribution in [0.4, 0.5) is 5.69 Å². The number of nitrogens with one attached hydrogen (secondary N) is 1. The summed E-state index contributed by atoms with van der Waals surface area (Å²) in [5.41, 5.74) is 3.27. The van der Waals surface area contributed by atoms with E-state index in [1.165, 1.54) is 0 Å². The lowest BCUT2D eigenvalue weighted by atomic mass is 10.1. The number of anilines is 1. The molecule has 7 nitrogen and oxygen atoms in total. The van der Waals surface area contributed by atoms with Gasteiger partial charge in [0, 0.05) is 22.6 Å². The molecule has 0 aliphatic heterocycles. The zero-order valence-electron chi connectivity index (χ0n) is 18.5. The molecule has 0 radical (unpaired) electrons. The molecule has 0 fully saturated rings. The first-order chi connectivity index (χ1) is 14.9. The van der Waals surface area contributed by atoms with Gasteiger partial charge < -0.3 is 19.0 Å². The smallest absolute Gasteiger partial charge is 0.238 e. The quantitative estimate of drug-likeness (QED) is 0.501. The Bertz CT molecular complexity index is 1020. The summed E-state index contributed by atoms with van der Waals surface area (Å²) in [4.78, 5) is 27.3. The van der Waals surface area contributed by atoms with Crippen LogP contribution in [-0.4, -0.2) is 47.9 Å². The van der Waals surface area contributed by atoms with Crippen LogP contribution in [-0.2, 0) is 11.3 Å². The summed E-state index contributed by atoms with van der Waals surface area (Å²) in [5, 5.41) is 2.86. The van der Waals surface area contributed by atoms with E-state index in [-0.39, 0.29) is 24.8 Å². The number of ketones is 1. The number of nitrogens with zero attached hydrogens (tertiary/aromatic N) is 2. The molecule has 0 aliphatic rings. The standard InChI is InChI=1S/C24H29N3O4/c1-5-26(16-24(29)25-19-8-10-20(30-4)11-9-19)15-23(28)22-13-17(2)27(18(22)3)14-21-7-6-12-31-21/h6-13H,5,14-16H2,1-4H3,(H,25,29). The second-order valence-electron chi connectivity index (χ2n) is 7.45. The Morgan fingerprint density at radius 2 is 1.87 bits per heavy atom. The van der Waals surface area contributed by atoms with Gasteiger partial charge in [-0.3, -0.25) is 14.5 Å². The second kappa shape index (κ2) is 10.1. The van der Waals surface area contributed by atoms with Gasteiger partial charge in [0.15, 0.2) is 5.78 Å². The topological polar surface area (TPSA) is 76.7 Å². The Hall–Kier alpha value is -3.32. The minimum atomic E-state index is -0.164. The fourth-order valence-electron chi connectivity index (χ4n) is 3.53. The van der Waals surface area contributed by atoms with Crippen molar-refractivity contribution in [3.8, 4) is 5.75 Å². The molecule has 0 aliphatic carbocycles. The minimum Gasteiger partial charge on any atom is -0.497 e. The van der Waals surface area contributed by atoms with Gasteiger partial charge in [-0.15, -0.1) is 0 Å². The van der Waals surface area contributed by atoms with Crippen LogP contribution in [0.5, 0.6) is 5.75 Å². The van der Waals surface area contributed by atoms with Gasteiger partial charge in [0.1, 0.15) is 11.5 Å². The van der Waals surface area contributed by atoms with Crippen LogP contribution in [0.2, 0.25) is 0 Å². The van der Waals surface area contributed by atoms with Crippen molar-refractivity contribution < 1.29 is 18.7 Å². The SMILES string of the molecule is CCN(CC(=O)Nc1ccc(OC)cc1)CC(=O)c1cc(C)n(Cc2ccco2)c1C. The van der Waals surface area contributed by atoms with Crippen molar-refractivity contribution >= 4 is 17.4 Å². The van der Waals surface area contributed by atoms with Crippen LogP contribution < -0.4 is 10.1 Å². The fraction of sp³-hybridized carbons (Fsp3) is 0.333. The van der Waals surface area contributed by atoms with Crippen LogP contribution in [0, 0.1) is 13.8 Å². The maximum absolute atomic E-state index is 13.0. The molecule has 0 atom stereocenters. The molecule has 0 bridgehead atoms. The van der Waals surface area contributed by atoms with E-state index in [4.69, 9.17) is 9.15 Å². The van der Waals surface area contributed by atoms with Crippen LogP contribution in [0.15, 0.2) is 53.1 Å². The van der Waals surface area contributed by atoms with Crippen molar-refractivity contribution in [1.29, 1.82) is 0 Å². The number of aromatic nitrogens is 1. The number of likely N-dealkylation sites (N-methyl/N-ethyl adjacent to an activating group) is 1. The normalized spacial score (nSPS) is 11.0. The van der Waals surface area contributed by atoms with E-state index in [1.807, 2.05) is 43.9 Å². The molecule has 1 aromatic carbocycles. The molecule has 0 saturated heterocycles. The van der Waals surface area contributed by atoms with Gasteiger partial charge in [0.2, 0.25) is 5.91 Å². The minimum absolute atomic E-state index is 0.00195. The number of aryl methyl sites for hydroxylation is 1. The van der Waals surface area contributed by atoms with Crippen molar-refractivity contribution in [2.75, 3.05) is 32.1 Å². The fourth-order valence-corrected chi connectivity index (χ4v) is 3.53. The average molecular weight is 424 g/mol. The third-order valence-corrected chi connectivity index (χ3v) is 5.32. The molecule has 0 unspecified atom stereocenters. The highest BCUT2D eigenvalue weighted by Crippen LogP contribution is 2.19. The number of carbonyl (C=O) groups excluding carboxylic acids is 2. The Labute approximate surface area is 182 Å². The highest BCUT2D eigenvalue weighted by Gasteiger charge is 2.20. The number of ether oxygens (including phenoxy) is 1. The van der Waals surface area contributed by atoms with Gasteiger partial charge in [-0.25, -0.2) is 0 Å². The van der Waals surface area contributed by atoms with E-state index in [0.29, 0.717) is 24.3 Å². The summed E-state index contributed by atoms with van der Waals surface area (Å²) in [6, 6.07) is 12.8. The summed E-state index contributed by atoms with van der Waals surface area (Å²) in [6.45, 7) is 7.35. The number of rotatable bonds is 10. The molecular weight excluding hydrogens is 394 g/mol. The second-order valence-corrected chi connectivity index (χ2v) is 7.45. The number of carbonyl (C=O) groups is 2. The summed E-state index contributed by atoms with van der Waals surface area (Å²) in [5.74, 6) is 1.40. The van der Waals surface area contributed by atoms with Crippen molar-refractivity contribution in [1.82, 2.24) is 9.47 Å². The number of methoxy groups -OCH3 is 1. The van der Waals surface area contributed by atoms with Crippen molar-refractivity contribution in [3.05, 3.63) is 71.4 Å². The summed E-state index contributed by atoms with van der Waals surface area (Å²) in [7, 11) is 1.60. The van der Waals surface area contributed by atoms with Gasteiger partial charge >= 0.3 is 0 Å². The first-order valence-electron chi connectivity index (χ1n) is 10.3. The molecule has 2 aromatic heterocycles. The van der Waals surface area contributed by atoms with Gasteiger partial charge in [-0.05, 0) is 62.9 Å². The molecule has 31 heavy (non-hydrogen) atoms. The lowest BCUT2D eigenvalue weighted by Gasteiger charge is -2.19. The van der Waals surface area contributed by atoms with Crippen LogP contribution >= 0.6 is 0 Å². The molecule has 3 aromatic rings. The molecule has 0 saturated carbocycles. The largest absolute Gasteiger partial charge is 0.497 e. The van der Waals surface area contributed by atoms with E-state index in [1.54, 1.807) is 37.6 Å². The summed E-state index contributed by atoms with van der Waals surface area (Å²) < 4.78 is 12.6. The Morgan fingerprint density at radius 1 is 1.13 bits per heavy atom. The van der Waals surface area contributed by atoms with Crippen molar-refractivity contribution in [3.63, 3.8) is 0 Å². The van der Waals surface area contributed by atoms with Gasteiger partial charge in [-0.1, -0.05) is 6.92 Å². The van der Waals surface area contributed by atoms with Crippen molar-refractivity contribution in [2.45, 2.75) is 27.3 Å². The number of benzene rings is 1. The number of furan rings is 1. The lowest BCUT2D eigenvalue weighted by Crippen LogP contribution is -2.37. The van der Waals surface area contributed by atoms with Crippen LogP contribution in [0.3, 0.4) is 0 Å². The predicted molar refractivity (Wildman–Crippen MR) is 120 cm³/mol. The number of hydrogen-bond acceptors (Lipinski definition) is 5. The third-order valence-electron chi connectivity index (χ3n) is 5.32. The number of Topliss-reactive ketones (excluding diaryl/α,β-unsaturated/α-hetero) is 1. The summed E-state index contributed by atoms with van der Waals surface area (Å²) >= 11 is 0. The zero-order valence-corrected chi connectivity index (χ0v) is 18.5. The maximum Gasteiger partial charge on any atom is 0.238 e. The van der Waals surface area contributed by atoms with E-state index in [9.17, 15) is 9.59 Å².